The summed E-state index contributed by atoms with van der Waals surface area (Å²) >= 11 is 0. The minimum atomic E-state index is -0.239. The fourth-order valence-electron chi connectivity index (χ4n) is 3.65. The lowest BCUT2D eigenvalue weighted by atomic mass is 9.93. The van der Waals surface area contributed by atoms with Crippen LogP contribution < -0.4 is 4.74 Å². The Hall–Kier alpha value is -2.10. The number of benzene rings is 2. The molecule has 2 aromatic rings. The summed E-state index contributed by atoms with van der Waals surface area (Å²) in [5.41, 5.74) is 3.55. The topological polar surface area (TPSA) is 21.7 Å². The van der Waals surface area contributed by atoms with E-state index in [-0.39, 0.29) is 11.6 Å². The molecule has 0 aromatic heterocycles. The van der Waals surface area contributed by atoms with Crippen molar-refractivity contribution in [3.05, 3.63) is 71.3 Å². The summed E-state index contributed by atoms with van der Waals surface area (Å²) in [6.07, 6.45) is 4.31. The van der Waals surface area contributed by atoms with Gasteiger partial charge in [0.25, 0.3) is 0 Å². The van der Waals surface area contributed by atoms with Gasteiger partial charge in [-0.15, -0.1) is 0 Å². The molecule has 1 fully saturated rings. The monoisotopic (exact) mass is 335 g/mol. The van der Waals surface area contributed by atoms with Gasteiger partial charge in [-0.1, -0.05) is 42.5 Å². The van der Waals surface area contributed by atoms with Crippen LogP contribution in [0.3, 0.4) is 0 Å². The Balaban J connectivity index is 1.73. The number of rotatable bonds is 3. The van der Waals surface area contributed by atoms with Gasteiger partial charge in [-0.3, -0.25) is 4.90 Å². The van der Waals surface area contributed by atoms with Crippen molar-refractivity contribution in [3.63, 3.8) is 0 Å². The molecule has 3 nitrogen and oxygen atoms in total. The summed E-state index contributed by atoms with van der Waals surface area (Å²) in [6.45, 7) is 7.67. The normalized spacial score (nSPS) is 20.6. The van der Waals surface area contributed by atoms with Crippen molar-refractivity contribution in [1.82, 2.24) is 4.90 Å². The van der Waals surface area contributed by atoms with Gasteiger partial charge in [-0.05, 0) is 43.2 Å². The molecule has 1 unspecified atom stereocenters. The van der Waals surface area contributed by atoms with Crippen molar-refractivity contribution in [2.24, 2.45) is 0 Å². The third-order valence-electron chi connectivity index (χ3n) is 4.91. The van der Waals surface area contributed by atoms with Crippen LogP contribution in [-0.4, -0.2) is 36.8 Å². The summed E-state index contributed by atoms with van der Waals surface area (Å²) in [6, 6.07) is 17.6. The molecule has 2 aliphatic heterocycles. The lowest BCUT2D eigenvalue weighted by molar-refractivity contribution is 0.0239. The minimum Gasteiger partial charge on any atom is -0.483 e. The highest BCUT2D eigenvalue weighted by Crippen LogP contribution is 2.36. The first-order valence-corrected chi connectivity index (χ1v) is 9.01. The first-order valence-electron chi connectivity index (χ1n) is 9.01. The number of ether oxygens (including phenoxy) is 2. The predicted molar refractivity (Wildman–Crippen MR) is 101 cm³/mol. The van der Waals surface area contributed by atoms with Gasteiger partial charge in [0.05, 0.1) is 19.3 Å². The van der Waals surface area contributed by atoms with Crippen molar-refractivity contribution in [2.75, 3.05) is 26.3 Å². The highest BCUT2D eigenvalue weighted by Gasteiger charge is 2.26. The maximum atomic E-state index is 6.08. The Kier molecular flexibility index (Phi) is 4.36. The molecule has 0 N–H and O–H groups in total. The van der Waals surface area contributed by atoms with Crippen molar-refractivity contribution >= 4 is 6.08 Å². The zero-order valence-electron chi connectivity index (χ0n) is 14.9. The van der Waals surface area contributed by atoms with Crippen LogP contribution in [0.25, 0.3) is 6.08 Å². The van der Waals surface area contributed by atoms with E-state index in [1.807, 2.05) is 0 Å². The molecule has 0 amide bonds. The average Bonchev–Trinajstić information content (AvgIpc) is 2.63. The summed E-state index contributed by atoms with van der Waals surface area (Å²) in [7, 11) is 0. The Morgan fingerprint density at radius 3 is 2.48 bits per heavy atom. The van der Waals surface area contributed by atoms with Crippen LogP contribution in [0.2, 0.25) is 0 Å². The second kappa shape index (κ2) is 6.66. The van der Waals surface area contributed by atoms with Gasteiger partial charge in [0.2, 0.25) is 0 Å². The number of nitrogens with zero attached hydrogens (tertiary/aromatic N) is 1. The fourth-order valence-corrected chi connectivity index (χ4v) is 3.65. The van der Waals surface area contributed by atoms with Gasteiger partial charge in [0, 0.05) is 18.7 Å². The zero-order chi connectivity index (χ0) is 17.3. The van der Waals surface area contributed by atoms with Gasteiger partial charge in [-0.25, -0.2) is 0 Å². The van der Waals surface area contributed by atoms with Crippen LogP contribution in [0.5, 0.6) is 5.75 Å². The molecular formula is C22H25NO2. The first-order chi connectivity index (χ1) is 12.1. The molecule has 0 aliphatic carbocycles. The van der Waals surface area contributed by atoms with Gasteiger partial charge < -0.3 is 9.47 Å². The van der Waals surface area contributed by atoms with E-state index in [2.05, 4.69) is 79.4 Å². The maximum Gasteiger partial charge on any atom is 0.127 e. The quantitative estimate of drug-likeness (QED) is 0.835. The van der Waals surface area contributed by atoms with E-state index in [1.165, 1.54) is 11.1 Å². The third kappa shape index (κ3) is 3.48. The summed E-state index contributed by atoms with van der Waals surface area (Å²) < 4.78 is 11.6. The lowest BCUT2D eigenvalue weighted by Crippen LogP contribution is -2.39. The number of hydrogen-bond acceptors (Lipinski definition) is 3. The largest absolute Gasteiger partial charge is 0.483 e. The molecule has 0 bridgehead atoms. The van der Waals surface area contributed by atoms with E-state index in [1.54, 1.807) is 0 Å². The fraction of sp³-hybridized carbons (Fsp3) is 0.364. The zero-order valence-corrected chi connectivity index (χ0v) is 14.9. The van der Waals surface area contributed by atoms with E-state index in [0.717, 1.165) is 37.6 Å². The summed E-state index contributed by atoms with van der Waals surface area (Å²) in [5, 5.41) is 0. The molecule has 2 heterocycles. The molecule has 1 atom stereocenters. The third-order valence-corrected chi connectivity index (χ3v) is 4.91. The van der Waals surface area contributed by atoms with Crippen molar-refractivity contribution in [2.45, 2.75) is 25.5 Å². The molecule has 0 saturated carbocycles. The molecule has 2 aromatic carbocycles. The Morgan fingerprint density at radius 1 is 0.960 bits per heavy atom. The molecular weight excluding hydrogens is 310 g/mol. The summed E-state index contributed by atoms with van der Waals surface area (Å²) in [4.78, 5) is 2.51. The predicted octanol–water partition coefficient (Wildman–Crippen LogP) is 4.29. The number of morpholine rings is 1. The van der Waals surface area contributed by atoms with Gasteiger partial charge in [0.15, 0.2) is 0 Å². The standard InChI is InChI=1S/C22H25NO2/c1-22(2)11-10-18-16-19(8-9-20(18)25-22)21(17-6-4-3-5-7-17)23-12-14-24-15-13-23/h3-11,16,21H,12-15H2,1-2H3. The number of hydrogen-bond donors (Lipinski definition) is 0. The Morgan fingerprint density at radius 2 is 1.72 bits per heavy atom. The SMILES string of the molecule is CC1(C)C=Cc2cc(C(c3ccccc3)N3CCOCC3)ccc2O1. The highest BCUT2D eigenvalue weighted by molar-refractivity contribution is 5.62. The summed E-state index contributed by atoms with van der Waals surface area (Å²) in [5.74, 6) is 0.963. The average molecular weight is 335 g/mol. The maximum absolute atomic E-state index is 6.08. The van der Waals surface area contributed by atoms with Gasteiger partial charge >= 0.3 is 0 Å². The van der Waals surface area contributed by atoms with Crippen LogP contribution in [0.4, 0.5) is 0 Å². The van der Waals surface area contributed by atoms with E-state index in [4.69, 9.17) is 9.47 Å². The van der Waals surface area contributed by atoms with Gasteiger partial charge in [-0.2, -0.15) is 0 Å². The molecule has 2 aliphatic rings. The van der Waals surface area contributed by atoms with Crippen LogP contribution in [0, 0.1) is 0 Å². The molecule has 4 rings (SSSR count). The van der Waals surface area contributed by atoms with Crippen LogP contribution in [0.1, 0.15) is 36.6 Å². The Bertz CT molecular complexity index is 761. The second-order valence-corrected chi connectivity index (χ2v) is 7.30. The molecule has 1 saturated heterocycles. The van der Waals surface area contributed by atoms with Crippen LogP contribution >= 0.6 is 0 Å². The van der Waals surface area contributed by atoms with E-state index in [0.29, 0.717) is 0 Å². The second-order valence-electron chi connectivity index (χ2n) is 7.30. The lowest BCUT2D eigenvalue weighted by Gasteiger charge is -2.36. The van der Waals surface area contributed by atoms with E-state index < -0.39 is 0 Å². The van der Waals surface area contributed by atoms with Crippen molar-refractivity contribution in [1.29, 1.82) is 0 Å². The van der Waals surface area contributed by atoms with E-state index in [9.17, 15) is 0 Å². The van der Waals surface area contributed by atoms with Crippen LogP contribution in [-0.2, 0) is 4.74 Å². The minimum absolute atomic E-state index is 0.239. The number of fused-ring (bicyclic) bond motifs is 1. The Labute approximate surface area is 149 Å². The highest BCUT2D eigenvalue weighted by atomic mass is 16.5. The van der Waals surface area contributed by atoms with Crippen molar-refractivity contribution < 1.29 is 9.47 Å². The molecule has 3 heteroatoms. The first kappa shape index (κ1) is 16.4. The molecule has 0 radical (unpaired) electrons. The molecule has 130 valence electrons. The van der Waals surface area contributed by atoms with Gasteiger partial charge in [0.1, 0.15) is 11.4 Å². The molecule has 25 heavy (non-hydrogen) atoms. The molecule has 0 spiro atoms. The van der Waals surface area contributed by atoms with Crippen molar-refractivity contribution in [3.8, 4) is 5.75 Å². The van der Waals surface area contributed by atoms with Crippen LogP contribution in [0.15, 0.2) is 54.6 Å². The van der Waals surface area contributed by atoms with E-state index >= 15 is 0 Å². The smallest absolute Gasteiger partial charge is 0.127 e.